The molecule has 2 nitrogen and oxygen atoms in total. The zero-order chi connectivity index (χ0) is 14.2. The molecule has 106 valence electrons. The predicted molar refractivity (Wildman–Crippen MR) is 85.6 cm³/mol. The Labute approximate surface area is 121 Å². The zero-order valence-corrected chi connectivity index (χ0v) is 12.3. The van der Waals surface area contributed by atoms with E-state index in [0.717, 1.165) is 31.0 Å². The number of benzene rings is 2. The maximum Gasteiger partial charge on any atom is 0.142 e. The van der Waals surface area contributed by atoms with Gasteiger partial charge >= 0.3 is 0 Å². The summed E-state index contributed by atoms with van der Waals surface area (Å²) in [6.07, 6.45) is 1.02. The number of hydrogen-bond acceptors (Lipinski definition) is 2. The van der Waals surface area contributed by atoms with Gasteiger partial charge in [0.1, 0.15) is 5.75 Å². The Bertz CT molecular complexity index is 510. The lowest BCUT2D eigenvalue weighted by Crippen LogP contribution is -2.11. The lowest BCUT2D eigenvalue weighted by molar-refractivity contribution is 0.319. The molecule has 0 saturated carbocycles. The van der Waals surface area contributed by atoms with Gasteiger partial charge < -0.3 is 10.1 Å². The number of ether oxygens (including phenoxy) is 1. The second-order valence-corrected chi connectivity index (χ2v) is 5.04. The summed E-state index contributed by atoms with van der Waals surface area (Å²) in [4.78, 5) is 0. The summed E-state index contributed by atoms with van der Waals surface area (Å²) in [5.74, 6) is 1.41. The van der Waals surface area contributed by atoms with Crippen LogP contribution in [0, 0.1) is 0 Å². The molecule has 0 heterocycles. The van der Waals surface area contributed by atoms with Gasteiger partial charge in [0.2, 0.25) is 0 Å². The molecule has 0 radical (unpaired) electrons. The van der Waals surface area contributed by atoms with E-state index in [1.807, 2.05) is 18.2 Å². The molecular weight excluding hydrogens is 246 g/mol. The normalized spacial score (nSPS) is 11.9. The van der Waals surface area contributed by atoms with Crippen molar-refractivity contribution in [1.82, 2.24) is 0 Å². The van der Waals surface area contributed by atoms with Crippen LogP contribution in [0.25, 0.3) is 0 Å². The van der Waals surface area contributed by atoms with Crippen molar-refractivity contribution >= 4 is 5.69 Å². The van der Waals surface area contributed by atoms with Gasteiger partial charge in [-0.1, -0.05) is 56.3 Å². The van der Waals surface area contributed by atoms with E-state index in [1.54, 1.807) is 0 Å². The third kappa shape index (κ3) is 4.02. The maximum atomic E-state index is 5.76. The summed E-state index contributed by atoms with van der Waals surface area (Å²) in [5, 5.41) is 3.50. The van der Waals surface area contributed by atoms with E-state index >= 15 is 0 Å². The fourth-order valence-corrected chi connectivity index (χ4v) is 2.11. The summed E-state index contributed by atoms with van der Waals surface area (Å²) in [6.45, 7) is 6.01. The molecule has 20 heavy (non-hydrogen) atoms. The minimum atomic E-state index is 0.468. The predicted octanol–water partition coefficient (Wildman–Crippen LogP) is 4.69. The molecule has 0 aromatic heterocycles. The summed E-state index contributed by atoms with van der Waals surface area (Å²) < 4.78 is 5.76. The Morgan fingerprint density at radius 3 is 2.45 bits per heavy atom. The van der Waals surface area contributed by atoms with E-state index in [1.165, 1.54) is 5.56 Å². The Balaban J connectivity index is 1.96. The van der Waals surface area contributed by atoms with E-state index in [9.17, 15) is 0 Å². The molecule has 1 N–H and O–H groups in total. The first-order valence-corrected chi connectivity index (χ1v) is 7.32. The maximum absolute atomic E-state index is 5.76. The molecule has 0 fully saturated rings. The molecule has 0 aliphatic carbocycles. The van der Waals surface area contributed by atoms with Crippen molar-refractivity contribution in [2.45, 2.75) is 26.2 Å². The topological polar surface area (TPSA) is 21.3 Å². The Morgan fingerprint density at radius 1 is 1.00 bits per heavy atom. The average molecular weight is 269 g/mol. The number of nitrogens with one attached hydrogen (secondary N) is 1. The van der Waals surface area contributed by atoms with Crippen molar-refractivity contribution < 1.29 is 4.74 Å². The van der Waals surface area contributed by atoms with Gasteiger partial charge in [-0.05, 0) is 30.0 Å². The van der Waals surface area contributed by atoms with E-state index in [-0.39, 0.29) is 0 Å². The molecular formula is C18H23NO. The van der Waals surface area contributed by atoms with Crippen LogP contribution in [0.5, 0.6) is 5.75 Å². The van der Waals surface area contributed by atoms with E-state index < -0.39 is 0 Å². The standard InChI is InChI=1S/C18H23NO/c1-3-13-20-18-12-8-7-11-17(18)19-14-15(2)16-9-5-4-6-10-16/h4-12,15,19H,3,13-14H2,1-2H3. The Hall–Kier alpha value is -1.96. The number of hydrogen-bond donors (Lipinski definition) is 1. The SMILES string of the molecule is CCCOc1ccccc1NCC(C)c1ccccc1. The van der Waals surface area contributed by atoms with Gasteiger partial charge in [0.15, 0.2) is 0 Å². The summed E-state index contributed by atoms with van der Waals surface area (Å²) in [5.41, 5.74) is 2.43. The molecule has 2 rings (SSSR count). The van der Waals surface area contributed by atoms with Crippen molar-refractivity contribution in [2.24, 2.45) is 0 Å². The van der Waals surface area contributed by atoms with Crippen LogP contribution in [0.1, 0.15) is 31.7 Å². The first kappa shape index (κ1) is 14.4. The highest BCUT2D eigenvalue weighted by Gasteiger charge is 2.07. The van der Waals surface area contributed by atoms with Gasteiger partial charge in [0.25, 0.3) is 0 Å². The monoisotopic (exact) mass is 269 g/mol. The van der Waals surface area contributed by atoms with Crippen LogP contribution in [-0.2, 0) is 0 Å². The number of para-hydroxylation sites is 2. The van der Waals surface area contributed by atoms with Crippen LogP contribution in [0.2, 0.25) is 0 Å². The summed E-state index contributed by atoms with van der Waals surface area (Å²) in [6, 6.07) is 18.7. The first-order chi connectivity index (χ1) is 9.81. The molecule has 1 unspecified atom stereocenters. The summed E-state index contributed by atoms with van der Waals surface area (Å²) in [7, 11) is 0. The first-order valence-electron chi connectivity index (χ1n) is 7.32. The molecule has 2 aromatic rings. The zero-order valence-electron chi connectivity index (χ0n) is 12.3. The van der Waals surface area contributed by atoms with Gasteiger partial charge in [0, 0.05) is 6.54 Å². The highest BCUT2D eigenvalue weighted by Crippen LogP contribution is 2.25. The van der Waals surface area contributed by atoms with Crippen molar-refractivity contribution in [3.63, 3.8) is 0 Å². The smallest absolute Gasteiger partial charge is 0.142 e. The van der Waals surface area contributed by atoms with Crippen molar-refractivity contribution in [3.05, 3.63) is 60.2 Å². The second-order valence-electron chi connectivity index (χ2n) is 5.04. The molecule has 0 aliphatic rings. The van der Waals surface area contributed by atoms with Gasteiger partial charge in [-0.15, -0.1) is 0 Å². The van der Waals surface area contributed by atoms with E-state index in [4.69, 9.17) is 4.74 Å². The summed E-state index contributed by atoms with van der Waals surface area (Å²) >= 11 is 0. The molecule has 0 saturated heterocycles. The van der Waals surface area contributed by atoms with Crippen LogP contribution in [0.15, 0.2) is 54.6 Å². The van der Waals surface area contributed by atoms with Gasteiger partial charge in [-0.25, -0.2) is 0 Å². The molecule has 0 spiro atoms. The van der Waals surface area contributed by atoms with Gasteiger partial charge in [-0.2, -0.15) is 0 Å². The quantitative estimate of drug-likeness (QED) is 0.787. The van der Waals surface area contributed by atoms with Crippen molar-refractivity contribution in [3.8, 4) is 5.75 Å². The van der Waals surface area contributed by atoms with Gasteiger partial charge in [0.05, 0.1) is 12.3 Å². The minimum absolute atomic E-state index is 0.468. The number of anilines is 1. The fraction of sp³-hybridized carbons (Fsp3) is 0.333. The Kier molecular flexibility index (Phi) is 5.48. The van der Waals surface area contributed by atoms with Crippen LogP contribution in [0.3, 0.4) is 0 Å². The molecule has 0 bridgehead atoms. The molecule has 2 heteroatoms. The lowest BCUT2D eigenvalue weighted by atomic mass is 10.0. The van der Waals surface area contributed by atoms with Crippen LogP contribution < -0.4 is 10.1 Å². The van der Waals surface area contributed by atoms with Crippen molar-refractivity contribution in [2.75, 3.05) is 18.5 Å². The molecule has 2 aromatic carbocycles. The molecule has 1 atom stereocenters. The minimum Gasteiger partial charge on any atom is -0.491 e. The Morgan fingerprint density at radius 2 is 1.70 bits per heavy atom. The fourth-order valence-electron chi connectivity index (χ4n) is 2.11. The van der Waals surface area contributed by atoms with Crippen molar-refractivity contribution in [1.29, 1.82) is 0 Å². The third-order valence-corrected chi connectivity index (χ3v) is 3.32. The van der Waals surface area contributed by atoms with Gasteiger partial charge in [-0.3, -0.25) is 0 Å². The van der Waals surface area contributed by atoms with E-state index in [2.05, 4.69) is 55.6 Å². The van der Waals surface area contributed by atoms with E-state index in [0.29, 0.717) is 5.92 Å². The van der Waals surface area contributed by atoms with Crippen LogP contribution in [-0.4, -0.2) is 13.2 Å². The van der Waals surface area contributed by atoms with Crippen LogP contribution in [0.4, 0.5) is 5.69 Å². The highest BCUT2D eigenvalue weighted by atomic mass is 16.5. The number of rotatable bonds is 7. The average Bonchev–Trinajstić information content (AvgIpc) is 2.52. The second kappa shape index (κ2) is 7.59. The largest absolute Gasteiger partial charge is 0.491 e. The lowest BCUT2D eigenvalue weighted by Gasteiger charge is -2.16. The van der Waals surface area contributed by atoms with Crippen LogP contribution >= 0.6 is 0 Å². The highest BCUT2D eigenvalue weighted by molar-refractivity contribution is 5.56. The molecule has 0 amide bonds. The molecule has 0 aliphatic heterocycles. The third-order valence-electron chi connectivity index (χ3n) is 3.32.